The summed E-state index contributed by atoms with van der Waals surface area (Å²) in [5, 5.41) is 11.0. The third-order valence-electron chi connectivity index (χ3n) is 4.84. The molecule has 2 aromatic rings. The minimum atomic E-state index is -4.93. The number of hydrogen-bond donors (Lipinski definition) is 2. The van der Waals surface area contributed by atoms with Crippen LogP contribution in [0.5, 0.6) is 0 Å². The number of rotatable bonds is 9. The molecule has 9 heteroatoms. The van der Waals surface area contributed by atoms with E-state index in [1.807, 2.05) is 19.1 Å². The highest BCUT2D eigenvalue weighted by molar-refractivity contribution is 5.33. The van der Waals surface area contributed by atoms with Crippen molar-refractivity contribution in [1.29, 1.82) is 0 Å². The van der Waals surface area contributed by atoms with Gasteiger partial charge in [0.15, 0.2) is 0 Å². The summed E-state index contributed by atoms with van der Waals surface area (Å²) in [5.41, 5.74) is 2.53. The van der Waals surface area contributed by atoms with Gasteiger partial charge < -0.3 is 15.6 Å². The Balaban J connectivity index is 2.20. The van der Waals surface area contributed by atoms with Crippen molar-refractivity contribution in [2.75, 3.05) is 13.2 Å². The van der Waals surface area contributed by atoms with Crippen molar-refractivity contribution in [3.63, 3.8) is 0 Å². The maximum absolute atomic E-state index is 13.0. The van der Waals surface area contributed by atoms with Crippen LogP contribution in [-0.4, -0.2) is 18.3 Å². The van der Waals surface area contributed by atoms with Crippen LogP contribution in [0.4, 0.5) is 26.3 Å². The van der Waals surface area contributed by atoms with Crippen molar-refractivity contribution in [2.24, 2.45) is 5.73 Å². The van der Waals surface area contributed by atoms with Crippen LogP contribution in [0.15, 0.2) is 42.5 Å². The second kappa shape index (κ2) is 10.0. The molecule has 0 aromatic heterocycles. The van der Waals surface area contributed by atoms with Crippen LogP contribution in [-0.2, 0) is 35.7 Å². The Labute approximate surface area is 176 Å². The van der Waals surface area contributed by atoms with E-state index in [0.29, 0.717) is 17.7 Å². The Morgan fingerprint density at radius 2 is 1.39 bits per heavy atom. The number of benzene rings is 2. The monoisotopic (exact) mass is 449 g/mol. The number of hydrogen-bond acceptors (Lipinski definition) is 3. The number of halogens is 6. The van der Waals surface area contributed by atoms with Gasteiger partial charge in [-0.05, 0) is 54.3 Å². The summed E-state index contributed by atoms with van der Waals surface area (Å²) in [6, 6.07) is 8.41. The van der Waals surface area contributed by atoms with Gasteiger partial charge in [0, 0.05) is 0 Å². The molecule has 0 radical (unpaired) electrons. The number of alkyl halides is 6. The molecule has 0 aliphatic carbocycles. The fourth-order valence-electron chi connectivity index (χ4n) is 3.25. The fourth-order valence-corrected chi connectivity index (χ4v) is 3.25. The average molecular weight is 449 g/mol. The molecule has 1 atom stereocenters. The molecule has 0 aliphatic rings. The molecular weight excluding hydrogens is 424 g/mol. The third-order valence-corrected chi connectivity index (χ3v) is 4.84. The van der Waals surface area contributed by atoms with E-state index in [-0.39, 0.29) is 31.2 Å². The zero-order valence-corrected chi connectivity index (χ0v) is 17.0. The van der Waals surface area contributed by atoms with Gasteiger partial charge >= 0.3 is 12.4 Å². The summed E-state index contributed by atoms with van der Waals surface area (Å²) >= 11 is 0. The van der Waals surface area contributed by atoms with E-state index in [0.717, 1.165) is 18.4 Å². The molecular formula is C22H25F6NO2. The van der Waals surface area contributed by atoms with Crippen LogP contribution in [0.2, 0.25) is 0 Å². The lowest BCUT2D eigenvalue weighted by molar-refractivity contribution is -0.143. The Morgan fingerprint density at radius 3 is 1.84 bits per heavy atom. The van der Waals surface area contributed by atoms with Crippen molar-refractivity contribution in [2.45, 2.75) is 50.7 Å². The molecule has 172 valence electrons. The van der Waals surface area contributed by atoms with Crippen LogP contribution >= 0.6 is 0 Å². The van der Waals surface area contributed by atoms with Crippen LogP contribution in [0, 0.1) is 0 Å². The normalized spacial score (nSPS) is 14.5. The van der Waals surface area contributed by atoms with E-state index in [9.17, 15) is 31.4 Å². The molecule has 2 aromatic carbocycles. The Morgan fingerprint density at radius 1 is 0.839 bits per heavy atom. The molecule has 0 saturated heterocycles. The lowest BCUT2D eigenvalue weighted by atomic mass is 9.90. The summed E-state index contributed by atoms with van der Waals surface area (Å²) in [6.45, 7) is 1.27. The summed E-state index contributed by atoms with van der Waals surface area (Å²) in [6.07, 6.45) is -7.95. The van der Waals surface area contributed by atoms with Gasteiger partial charge in [-0.25, -0.2) is 0 Å². The van der Waals surface area contributed by atoms with Crippen molar-refractivity contribution in [1.82, 2.24) is 0 Å². The number of aryl methyl sites for hydroxylation is 1. The van der Waals surface area contributed by atoms with Gasteiger partial charge in [0.1, 0.15) is 5.60 Å². The summed E-state index contributed by atoms with van der Waals surface area (Å²) in [7, 11) is 0. The van der Waals surface area contributed by atoms with E-state index in [4.69, 9.17) is 10.5 Å². The van der Waals surface area contributed by atoms with Crippen molar-refractivity contribution >= 4 is 0 Å². The topological polar surface area (TPSA) is 55.5 Å². The highest BCUT2D eigenvalue weighted by atomic mass is 19.4. The lowest BCUT2D eigenvalue weighted by Crippen LogP contribution is -2.34. The predicted octanol–water partition coefficient (Wildman–Crippen LogP) is 5.43. The molecule has 3 nitrogen and oxygen atoms in total. The largest absolute Gasteiger partial charge is 0.416 e. The second-order valence-electron chi connectivity index (χ2n) is 7.42. The second-order valence-corrected chi connectivity index (χ2v) is 7.42. The molecule has 2 rings (SSSR count). The van der Waals surface area contributed by atoms with Crippen molar-refractivity contribution in [3.8, 4) is 0 Å². The first-order valence-corrected chi connectivity index (χ1v) is 9.77. The Bertz CT molecular complexity index is 816. The first-order valence-electron chi connectivity index (χ1n) is 9.77. The van der Waals surface area contributed by atoms with Crippen LogP contribution < -0.4 is 5.73 Å². The van der Waals surface area contributed by atoms with E-state index in [1.54, 1.807) is 12.1 Å². The zero-order valence-electron chi connectivity index (χ0n) is 17.0. The molecule has 0 amide bonds. The van der Waals surface area contributed by atoms with E-state index in [2.05, 4.69) is 0 Å². The molecule has 31 heavy (non-hydrogen) atoms. The lowest BCUT2D eigenvalue weighted by Gasteiger charge is -2.28. The van der Waals surface area contributed by atoms with Crippen molar-refractivity contribution in [3.05, 3.63) is 70.3 Å². The predicted molar refractivity (Wildman–Crippen MR) is 104 cm³/mol. The average Bonchev–Trinajstić information content (AvgIpc) is 2.67. The van der Waals surface area contributed by atoms with E-state index in [1.165, 1.54) is 0 Å². The molecule has 1 unspecified atom stereocenters. The van der Waals surface area contributed by atoms with Gasteiger partial charge in [-0.2, -0.15) is 26.3 Å². The highest BCUT2D eigenvalue weighted by Gasteiger charge is 2.37. The van der Waals surface area contributed by atoms with E-state index < -0.39 is 35.7 Å². The van der Waals surface area contributed by atoms with Gasteiger partial charge in [0.05, 0.1) is 24.3 Å². The van der Waals surface area contributed by atoms with Crippen molar-refractivity contribution < 1.29 is 36.2 Å². The number of nitrogens with two attached hydrogens (primary N) is 1. The summed E-state index contributed by atoms with van der Waals surface area (Å²) in [5.74, 6) is 0. The van der Waals surface area contributed by atoms with Gasteiger partial charge in [0.2, 0.25) is 0 Å². The molecule has 0 heterocycles. The van der Waals surface area contributed by atoms with E-state index >= 15 is 0 Å². The number of aliphatic hydroxyl groups is 1. The molecule has 0 saturated carbocycles. The Kier molecular flexibility index (Phi) is 8.13. The molecule has 0 spiro atoms. The van der Waals surface area contributed by atoms with Crippen LogP contribution in [0.25, 0.3) is 0 Å². The van der Waals surface area contributed by atoms with Gasteiger partial charge in [-0.3, -0.25) is 0 Å². The van der Waals surface area contributed by atoms with Crippen LogP contribution in [0.1, 0.15) is 47.6 Å². The first-order chi connectivity index (χ1) is 14.4. The van der Waals surface area contributed by atoms with Gasteiger partial charge in [-0.1, -0.05) is 37.6 Å². The van der Waals surface area contributed by atoms with Crippen LogP contribution in [0.3, 0.4) is 0 Å². The van der Waals surface area contributed by atoms with Gasteiger partial charge in [0.25, 0.3) is 0 Å². The molecule has 0 bridgehead atoms. The van der Waals surface area contributed by atoms with Gasteiger partial charge in [-0.15, -0.1) is 0 Å². The Hall–Kier alpha value is -2.10. The molecule has 0 aliphatic heterocycles. The smallest absolute Gasteiger partial charge is 0.383 e. The maximum atomic E-state index is 13.0. The zero-order chi connectivity index (χ0) is 23.3. The maximum Gasteiger partial charge on any atom is 0.416 e. The minimum absolute atomic E-state index is 0.0616. The highest BCUT2D eigenvalue weighted by Crippen LogP contribution is 2.36. The molecule has 0 fully saturated rings. The first kappa shape index (κ1) is 25.2. The SMILES string of the molecule is CCCc1ccc(C(O)(CCN)COCc2cc(C(F)(F)F)cc(C(F)(F)F)c2)cc1. The summed E-state index contributed by atoms with van der Waals surface area (Å²) in [4.78, 5) is 0. The standard InChI is InChI=1S/C22H25F6NO2/c1-2-3-15-4-6-17(7-5-15)20(30,8-9-29)14-31-13-16-10-18(21(23,24)25)12-19(11-16)22(26,27)28/h4-7,10-12,30H,2-3,8-9,13-14,29H2,1H3. The minimum Gasteiger partial charge on any atom is -0.383 e. The quantitative estimate of drug-likeness (QED) is 0.502. The fraction of sp³-hybridized carbons (Fsp3) is 0.455. The number of ether oxygens (including phenoxy) is 1. The molecule has 3 N–H and O–H groups in total. The summed E-state index contributed by atoms with van der Waals surface area (Å²) < 4.78 is 83.3. The third kappa shape index (κ3) is 6.95.